The van der Waals surface area contributed by atoms with Gasteiger partial charge in [0.2, 0.25) is 0 Å². The molecule has 13 heavy (non-hydrogen) atoms. The van der Waals surface area contributed by atoms with Crippen molar-refractivity contribution in [3.05, 3.63) is 10.4 Å². The number of hydrogen-bond donors (Lipinski definition) is 1. The van der Waals surface area contributed by atoms with E-state index in [1.165, 1.54) is 5.01 Å². The van der Waals surface area contributed by atoms with Crippen molar-refractivity contribution in [2.45, 2.75) is 31.8 Å². The van der Waals surface area contributed by atoms with Crippen molar-refractivity contribution in [1.82, 2.24) is 4.98 Å². The molecule has 1 aromatic heterocycles. The summed E-state index contributed by atoms with van der Waals surface area (Å²) in [4.78, 5) is 4.31. The second kappa shape index (κ2) is 3.64. The van der Waals surface area contributed by atoms with Crippen molar-refractivity contribution in [1.29, 1.82) is 0 Å². The second-order valence-corrected chi connectivity index (χ2v) is 4.40. The molecule has 0 bridgehead atoms. The third-order valence-corrected chi connectivity index (χ3v) is 3.40. The van der Waals surface area contributed by atoms with Crippen molar-refractivity contribution < 1.29 is 4.74 Å². The molecule has 1 aliphatic rings. The summed E-state index contributed by atoms with van der Waals surface area (Å²) in [5, 5.41) is 3.09. The monoisotopic (exact) mass is 198 g/mol. The molecule has 0 aliphatic carbocycles. The molecule has 2 atom stereocenters. The van der Waals surface area contributed by atoms with Gasteiger partial charge in [0.25, 0.3) is 0 Å². The normalized spacial score (nSPS) is 29.0. The first-order valence-electron chi connectivity index (χ1n) is 4.58. The van der Waals surface area contributed by atoms with Crippen LogP contribution in [0, 0.1) is 0 Å². The van der Waals surface area contributed by atoms with E-state index in [1.54, 1.807) is 11.3 Å². The lowest BCUT2D eigenvalue weighted by atomic mass is 9.97. The SMILES string of the molecule is C[C@H]1C[C@H](c2nc(N)cs2)CCO1. The first-order chi connectivity index (χ1) is 6.25. The Kier molecular flexibility index (Phi) is 2.51. The fourth-order valence-corrected chi connectivity index (χ4v) is 2.57. The van der Waals surface area contributed by atoms with E-state index in [-0.39, 0.29) is 0 Å². The van der Waals surface area contributed by atoms with Crippen LogP contribution in [0.15, 0.2) is 5.38 Å². The van der Waals surface area contributed by atoms with E-state index < -0.39 is 0 Å². The molecule has 1 aliphatic heterocycles. The molecule has 72 valence electrons. The Morgan fingerprint density at radius 3 is 3.15 bits per heavy atom. The Morgan fingerprint density at radius 1 is 1.69 bits per heavy atom. The van der Waals surface area contributed by atoms with Crippen molar-refractivity contribution in [3.8, 4) is 0 Å². The average Bonchev–Trinajstić information content (AvgIpc) is 2.52. The highest BCUT2D eigenvalue weighted by molar-refractivity contribution is 7.10. The molecule has 0 spiro atoms. The quantitative estimate of drug-likeness (QED) is 0.751. The number of anilines is 1. The molecule has 0 unspecified atom stereocenters. The molecule has 0 saturated carbocycles. The van der Waals surface area contributed by atoms with E-state index in [0.29, 0.717) is 17.8 Å². The van der Waals surface area contributed by atoms with E-state index >= 15 is 0 Å². The van der Waals surface area contributed by atoms with E-state index in [9.17, 15) is 0 Å². The highest BCUT2D eigenvalue weighted by Crippen LogP contribution is 2.32. The number of nitrogen functional groups attached to an aromatic ring is 1. The van der Waals surface area contributed by atoms with E-state index in [4.69, 9.17) is 10.5 Å². The zero-order valence-corrected chi connectivity index (χ0v) is 8.51. The van der Waals surface area contributed by atoms with Crippen LogP contribution in [0.25, 0.3) is 0 Å². The molecule has 3 nitrogen and oxygen atoms in total. The molecule has 1 aromatic rings. The minimum atomic E-state index is 0.365. The molecule has 4 heteroatoms. The first kappa shape index (κ1) is 8.97. The first-order valence-corrected chi connectivity index (χ1v) is 5.46. The smallest absolute Gasteiger partial charge is 0.134 e. The molecule has 0 radical (unpaired) electrons. The molecule has 2 heterocycles. The standard InChI is InChI=1S/C9H14N2OS/c1-6-4-7(2-3-12-6)9-11-8(10)5-13-9/h5-7H,2-4,10H2,1H3/t6-,7+/m0/s1. The summed E-state index contributed by atoms with van der Waals surface area (Å²) in [6, 6.07) is 0. The minimum Gasteiger partial charge on any atom is -0.383 e. The van der Waals surface area contributed by atoms with Gasteiger partial charge in [-0.2, -0.15) is 0 Å². The van der Waals surface area contributed by atoms with Crippen LogP contribution in [0.2, 0.25) is 0 Å². The number of nitrogens with zero attached hydrogens (tertiary/aromatic N) is 1. The predicted octanol–water partition coefficient (Wildman–Crippen LogP) is 2.01. The van der Waals surface area contributed by atoms with Crippen molar-refractivity contribution >= 4 is 17.2 Å². The minimum absolute atomic E-state index is 0.365. The molecule has 0 amide bonds. The number of ether oxygens (including phenoxy) is 1. The Balaban J connectivity index is 2.08. The summed E-state index contributed by atoms with van der Waals surface area (Å²) in [5.41, 5.74) is 5.59. The van der Waals surface area contributed by atoms with Gasteiger partial charge >= 0.3 is 0 Å². The van der Waals surface area contributed by atoms with Crippen LogP contribution < -0.4 is 5.73 Å². The lowest BCUT2D eigenvalue weighted by molar-refractivity contribution is 0.0186. The third-order valence-electron chi connectivity index (χ3n) is 2.37. The fourth-order valence-electron chi connectivity index (χ4n) is 1.71. The van der Waals surface area contributed by atoms with E-state index in [0.717, 1.165) is 19.4 Å². The van der Waals surface area contributed by atoms with Gasteiger partial charge in [0, 0.05) is 17.9 Å². The van der Waals surface area contributed by atoms with Gasteiger partial charge in [0.1, 0.15) is 5.82 Å². The van der Waals surface area contributed by atoms with Gasteiger partial charge in [-0.1, -0.05) is 0 Å². The summed E-state index contributed by atoms with van der Waals surface area (Å²) >= 11 is 1.67. The maximum absolute atomic E-state index is 5.59. The molecular weight excluding hydrogens is 184 g/mol. The van der Waals surface area contributed by atoms with Crippen LogP contribution in [-0.4, -0.2) is 17.7 Å². The van der Waals surface area contributed by atoms with Crippen LogP contribution in [0.1, 0.15) is 30.7 Å². The predicted molar refractivity (Wildman–Crippen MR) is 53.9 cm³/mol. The fraction of sp³-hybridized carbons (Fsp3) is 0.667. The van der Waals surface area contributed by atoms with Gasteiger partial charge in [-0.3, -0.25) is 0 Å². The summed E-state index contributed by atoms with van der Waals surface area (Å²) in [6.07, 6.45) is 2.52. The van der Waals surface area contributed by atoms with Crippen LogP contribution in [0.4, 0.5) is 5.82 Å². The highest BCUT2D eigenvalue weighted by atomic mass is 32.1. The second-order valence-electron chi connectivity index (χ2n) is 3.51. The summed E-state index contributed by atoms with van der Waals surface area (Å²) in [7, 11) is 0. The molecule has 1 saturated heterocycles. The van der Waals surface area contributed by atoms with Crippen molar-refractivity contribution in [2.24, 2.45) is 0 Å². The van der Waals surface area contributed by atoms with Gasteiger partial charge in [0.15, 0.2) is 0 Å². The zero-order chi connectivity index (χ0) is 9.26. The van der Waals surface area contributed by atoms with Gasteiger partial charge in [-0.25, -0.2) is 4.98 Å². The lowest BCUT2D eigenvalue weighted by Crippen LogP contribution is -2.21. The summed E-state index contributed by atoms with van der Waals surface area (Å²) in [6.45, 7) is 2.97. The number of thiazole rings is 1. The molecule has 2 N–H and O–H groups in total. The number of rotatable bonds is 1. The number of aromatic nitrogens is 1. The van der Waals surface area contributed by atoms with Crippen LogP contribution in [0.3, 0.4) is 0 Å². The summed E-state index contributed by atoms with van der Waals surface area (Å²) < 4.78 is 5.48. The lowest BCUT2D eigenvalue weighted by Gasteiger charge is -2.25. The van der Waals surface area contributed by atoms with Gasteiger partial charge in [0.05, 0.1) is 11.1 Å². The summed E-state index contributed by atoms with van der Waals surface area (Å²) in [5.74, 6) is 1.21. The molecular formula is C9H14N2OS. The Hall–Kier alpha value is -0.610. The topological polar surface area (TPSA) is 48.1 Å². The maximum Gasteiger partial charge on any atom is 0.134 e. The third kappa shape index (κ3) is 2.00. The Morgan fingerprint density at radius 2 is 2.54 bits per heavy atom. The van der Waals surface area contributed by atoms with Crippen molar-refractivity contribution in [2.75, 3.05) is 12.3 Å². The van der Waals surface area contributed by atoms with Crippen LogP contribution in [0.5, 0.6) is 0 Å². The number of nitrogens with two attached hydrogens (primary N) is 1. The van der Waals surface area contributed by atoms with Gasteiger partial charge in [-0.15, -0.1) is 11.3 Å². The van der Waals surface area contributed by atoms with Crippen LogP contribution in [-0.2, 0) is 4.74 Å². The molecule has 0 aromatic carbocycles. The number of hydrogen-bond acceptors (Lipinski definition) is 4. The van der Waals surface area contributed by atoms with Crippen LogP contribution >= 0.6 is 11.3 Å². The maximum atomic E-state index is 5.59. The molecule has 1 fully saturated rings. The Bertz CT molecular complexity index is 287. The largest absolute Gasteiger partial charge is 0.383 e. The Labute approximate surface area is 81.9 Å². The highest BCUT2D eigenvalue weighted by Gasteiger charge is 2.22. The van der Waals surface area contributed by atoms with E-state index in [2.05, 4.69) is 11.9 Å². The molecule has 2 rings (SSSR count). The van der Waals surface area contributed by atoms with Gasteiger partial charge < -0.3 is 10.5 Å². The zero-order valence-electron chi connectivity index (χ0n) is 7.69. The van der Waals surface area contributed by atoms with E-state index in [1.807, 2.05) is 5.38 Å². The van der Waals surface area contributed by atoms with Gasteiger partial charge in [-0.05, 0) is 19.8 Å². The average molecular weight is 198 g/mol. The van der Waals surface area contributed by atoms with Crippen molar-refractivity contribution in [3.63, 3.8) is 0 Å².